The summed E-state index contributed by atoms with van der Waals surface area (Å²) in [6.45, 7) is 10.1. The molecule has 1 unspecified atom stereocenters. The smallest absolute Gasteiger partial charge is 0.231 e. The molecule has 19 heavy (non-hydrogen) atoms. The molecule has 1 atom stereocenters. The Morgan fingerprint density at radius 2 is 1.84 bits per heavy atom. The van der Waals surface area contributed by atoms with Crippen molar-refractivity contribution in [3.05, 3.63) is 5.28 Å². The summed E-state index contributed by atoms with van der Waals surface area (Å²) >= 11 is 5.97. The summed E-state index contributed by atoms with van der Waals surface area (Å²) in [5, 5.41) is 3.53. The topological polar surface area (TPSA) is 53.9 Å². The monoisotopic (exact) mass is 285 g/mol. The Kier molecular flexibility index (Phi) is 6.84. The van der Waals surface area contributed by atoms with Crippen molar-refractivity contribution in [3.8, 4) is 0 Å². The summed E-state index contributed by atoms with van der Waals surface area (Å²) < 4.78 is 0. The van der Waals surface area contributed by atoms with Crippen LogP contribution in [0.1, 0.15) is 47.0 Å². The zero-order valence-corrected chi connectivity index (χ0v) is 13.0. The predicted octanol–water partition coefficient (Wildman–Crippen LogP) is 3.36. The van der Waals surface area contributed by atoms with Crippen LogP contribution in [0, 0.1) is 0 Å². The number of anilines is 2. The van der Waals surface area contributed by atoms with Crippen molar-refractivity contribution in [2.75, 3.05) is 23.3 Å². The van der Waals surface area contributed by atoms with E-state index in [-0.39, 0.29) is 5.28 Å². The second-order valence-electron chi connectivity index (χ2n) is 4.59. The average Bonchev–Trinajstić information content (AvgIpc) is 2.37. The van der Waals surface area contributed by atoms with Gasteiger partial charge in [0.25, 0.3) is 0 Å². The van der Waals surface area contributed by atoms with E-state index in [2.05, 4.69) is 52.9 Å². The number of nitrogens with one attached hydrogen (secondary N) is 1. The fourth-order valence-corrected chi connectivity index (χ4v) is 2.01. The van der Waals surface area contributed by atoms with Gasteiger partial charge < -0.3 is 10.2 Å². The first-order valence-corrected chi connectivity index (χ1v) is 7.41. The van der Waals surface area contributed by atoms with Crippen LogP contribution in [0.2, 0.25) is 5.28 Å². The second kappa shape index (κ2) is 8.15. The van der Waals surface area contributed by atoms with Gasteiger partial charge in [0.2, 0.25) is 17.2 Å². The molecule has 108 valence electrons. The minimum Gasteiger partial charge on any atom is -0.352 e. The van der Waals surface area contributed by atoms with Gasteiger partial charge in [-0.25, -0.2) is 0 Å². The zero-order chi connectivity index (χ0) is 14.3. The normalized spacial score (nSPS) is 12.3. The molecule has 0 saturated carbocycles. The van der Waals surface area contributed by atoms with Gasteiger partial charge in [-0.2, -0.15) is 15.0 Å². The van der Waals surface area contributed by atoms with E-state index in [9.17, 15) is 0 Å². The number of hydrogen-bond acceptors (Lipinski definition) is 5. The third kappa shape index (κ3) is 5.19. The fraction of sp³-hybridized carbons (Fsp3) is 0.769. The number of halogens is 1. The molecule has 0 fully saturated rings. The highest BCUT2D eigenvalue weighted by atomic mass is 35.5. The van der Waals surface area contributed by atoms with Crippen molar-refractivity contribution >= 4 is 23.5 Å². The van der Waals surface area contributed by atoms with E-state index >= 15 is 0 Å². The van der Waals surface area contributed by atoms with Crippen LogP contribution in [0.4, 0.5) is 11.9 Å². The van der Waals surface area contributed by atoms with Gasteiger partial charge in [-0.15, -0.1) is 0 Å². The Hall–Kier alpha value is -1.10. The van der Waals surface area contributed by atoms with Gasteiger partial charge in [0, 0.05) is 19.1 Å². The molecule has 1 aromatic heterocycles. The Morgan fingerprint density at radius 3 is 2.42 bits per heavy atom. The van der Waals surface area contributed by atoms with Gasteiger partial charge in [0.1, 0.15) is 0 Å². The quantitative estimate of drug-likeness (QED) is 0.794. The van der Waals surface area contributed by atoms with Gasteiger partial charge in [0.15, 0.2) is 0 Å². The molecular weight excluding hydrogens is 262 g/mol. The molecule has 0 aliphatic carbocycles. The molecule has 0 amide bonds. The Labute approximate surface area is 120 Å². The van der Waals surface area contributed by atoms with Gasteiger partial charge in [-0.3, -0.25) is 0 Å². The van der Waals surface area contributed by atoms with E-state index in [1.807, 2.05) is 0 Å². The molecule has 0 aliphatic rings. The lowest BCUT2D eigenvalue weighted by Crippen LogP contribution is -2.25. The average molecular weight is 286 g/mol. The Morgan fingerprint density at radius 1 is 1.16 bits per heavy atom. The van der Waals surface area contributed by atoms with Crippen molar-refractivity contribution in [2.45, 2.75) is 53.0 Å². The van der Waals surface area contributed by atoms with E-state index < -0.39 is 0 Å². The molecule has 0 bridgehead atoms. The van der Waals surface area contributed by atoms with Crippen LogP contribution in [-0.2, 0) is 0 Å². The molecule has 0 aromatic carbocycles. The van der Waals surface area contributed by atoms with Crippen molar-refractivity contribution in [1.82, 2.24) is 15.0 Å². The van der Waals surface area contributed by atoms with Crippen LogP contribution in [0.3, 0.4) is 0 Å². The lowest BCUT2D eigenvalue weighted by molar-refractivity contribution is 0.640. The molecule has 1 heterocycles. The van der Waals surface area contributed by atoms with Crippen molar-refractivity contribution in [2.24, 2.45) is 0 Å². The van der Waals surface area contributed by atoms with Crippen molar-refractivity contribution < 1.29 is 0 Å². The van der Waals surface area contributed by atoms with Crippen LogP contribution in [0.15, 0.2) is 0 Å². The first-order chi connectivity index (χ1) is 9.10. The van der Waals surface area contributed by atoms with Crippen LogP contribution in [-0.4, -0.2) is 34.1 Å². The largest absolute Gasteiger partial charge is 0.352 e. The highest BCUT2D eigenvalue weighted by Crippen LogP contribution is 2.15. The molecule has 0 saturated heterocycles. The van der Waals surface area contributed by atoms with Crippen LogP contribution >= 0.6 is 11.6 Å². The molecule has 6 heteroatoms. The standard InChI is InChI=1S/C13H24ClN5/c1-5-8-9-10(4)15-12-16-11(14)17-13(18-12)19(6-2)7-3/h10H,5-9H2,1-4H3,(H,15,16,17,18). The fourth-order valence-electron chi connectivity index (χ4n) is 1.85. The third-order valence-electron chi connectivity index (χ3n) is 3.01. The highest BCUT2D eigenvalue weighted by molar-refractivity contribution is 6.28. The molecule has 1 rings (SSSR count). The van der Waals surface area contributed by atoms with E-state index in [0.717, 1.165) is 19.5 Å². The molecule has 0 spiro atoms. The number of hydrogen-bond donors (Lipinski definition) is 1. The minimum absolute atomic E-state index is 0.238. The Balaban J connectivity index is 2.78. The zero-order valence-electron chi connectivity index (χ0n) is 12.3. The summed E-state index contributed by atoms with van der Waals surface area (Å²) in [6.07, 6.45) is 3.48. The van der Waals surface area contributed by atoms with Crippen molar-refractivity contribution in [3.63, 3.8) is 0 Å². The van der Waals surface area contributed by atoms with Crippen LogP contribution in [0.5, 0.6) is 0 Å². The molecule has 0 radical (unpaired) electrons. The summed E-state index contributed by atoms with van der Waals surface area (Å²) in [7, 11) is 0. The first-order valence-electron chi connectivity index (χ1n) is 7.03. The Bertz CT molecular complexity index is 381. The number of unbranched alkanes of at least 4 members (excludes halogenated alkanes) is 1. The third-order valence-corrected chi connectivity index (χ3v) is 3.18. The van der Waals surface area contributed by atoms with E-state index in [0.29, 0.717) is 17.9 Å². The molecule has 5 nitrogen and oxygen atoms in total. The van der Waals surface area contributed by atoms with Gasteiger partial charge >= 0.3 is 0 Å². The summed E-state index contributed by atoms with van der Waals surface area (Å²) in [4.78, 5) is 14.8. The maximum atomic E-state index is 5.97. The lowest BCUT2D eigenvalue weighted by atomic mass is 10.1. The van der Waals surface area contributed by atoms with Crippen LogP contribution in [0.25, 0.3) is 0 Å². The molecular formula is C13H24ClN5. The summed E-state index contributed by atoms with van der Waals surface area (Å²) in [5.41, 5.74) is 0. The van der Waals surface area contributed by atoms with Gasteiger partial charge in [-0.05, 0) is 38.8 Å². The second-order valence-corrected chi connectivity index (χ2v) is 4.93. The molecule has 0 aliphatic heterocycles. The number of rotatable bonds is 8. The maximum absolute atomic E-state index is 5.97. The van der Waals surface area contributed by atoms with Crippen molar-refractivity contribution in [1.29, 1.82) is 0 Å². The van der Waals surface area contributed by atoms with Gasteiger partial charge in [0.05, 0.1) is 0 Å². The van der Waals surface area contributed by atoms with E-state index in [1.165, 1.54) is 12.8 Å². The first kappa shape index (κ1) is 16.0. The van der Waals surface area contributed by atoms with E-state index in [4.69, 9.17) is 11.6 Å². The summed E-state index contributed by atoms with van der Waals surface area (Å²) in [6, 6.07) is 0.336. The van der Waals surface area contributed by atoms with Gasteiger partial charge in [-0.1, -0.05) is 19.8 Å². The number of aromatic nitrogens is 3. The summed E-state index contributed by atoms with van der Waals surface area (Å²) in [5.74, 6) is 1.20. The molecule has 1 aromatic rings. The molecule has 1 N–H and O–H groups in total. The minimum atomic E-state index is 0.238. The van der Waals surface area contributed by atoms with Crippen LogP contribution < -0.4 is 10.2 Å². The SMILES string of the molecule is CCCCC(C)Nc1nc(Cl)nc(N(CC)CC)n1. The number of nitrogens with zero attached hydrogens (tertiary/aromatic N) is 4. The lowest BCUT2D eigenvalue weighted by Gasteiger charge is -2.20. The highest BCUT2D eigenvalue weighted by Gasteiger charge is 2.11. The van der Waals surface area contributed by atoms with E-state index in [1.54, 1.807) is 0 Å². The predicted molar refractivity (Wildman–Crippen MR) is 81.0 cm³/mol. The maximum Gasteiger partial charge on any atom is 0.231 e.